The number of carbonyl (C=O) groups excluding carboxylic acids is 1. The molecule has 2 atom stereocenters. The van der Waals surface area contributed by atoms with Crippen molar-refractivity contribution in [2.75, 3.05) is 6.54 Å². The van der Waals surface area contributed by atoms with Gasteiger partial charge in [-0.1, -0.05) is 32.9 Å². The largest absolute Gasteiger partial charge is 0.361 e. The molecule has 0 spiro atoms. The smallest absolute Gasteiger partial charge is 0.276 e. The number of fused-ring (bicyclic) bond motifs is 2. The Balaban J connectivity index is 1.83. The van der Waals surface area contributed by atoms with Gasteiger partial charge in [0.25, 0.3) is 5.91 Å². The summed E-state index contributed by atoms with van der Waals surface area (Å²) in [7, 11) is 0. The Morgan fingerprint density at radius 3 is 2.85 bits per heavy atom. The van der Waals surface area contributed by atoms with Crippen molar-refractivity contribution in [1.29, 1.82) is 0 Å². The minimum absolute atomic E-state index is 0.0416. The number of hydrogen-bond donors (Lipinski definition) is 0. The summed E-state index contributed by atoms with van der Waals surface area (Å²) >= 11 is 0. The lowest BCUT2D eigenvalue weighted by molar-refractivity contribution is 0.0698. The molecule has 4 heteroatoms. The lowest BCUT2D eigenvalue weighted by Gasteiger charge is -2.39. The number of hydrogen-bond acceptors (Lipinski definition) is 3. The van der Waals surface area contributed by atoms with Crippen molar-refractivity contribution in [2.24, 2.45) is 10.8 Å². The van der Waals surface area contributed by atoms with E-state index in [-0.39, 0.29) is 11.3 Å². The fourth-order valence-electron chi connectivity index (χ4n) is 4.42. The quantitative estimate of drug-likeness (QED) is 0.832. The first-order valence-electron chi connectivity index (χ1n) is 7.58. The number of nitrogens with zero attached hydrogens (tertiary/aromatic N) is 2. The predicted octanol–water partition coefficient (Wildman–Crippen LogP) is 3.28. The molecule has 20 heavy (non-hydrogen) atoms. The Bertz CT molecular complexity index is 534. The summed E-state index contributed by atoms with van der Waals surface area (Å²) < 4.78 is 5.17. The van der Waals surface area contributed by atoms with Crippen LogP contribution in [0.25, 0.3) is 0 Å². The molecular weight excluding hydrogens is 252 g/mol. The standard InChI is InChI=1S/C16H24N2O2/c1-5-12-6-13(17-20-12)14(19)18-10-16(4)8-11(18)7-15(2,3)9-16/h6,11H,5,7-10H2,1-4H3. The van der Waals surface area contributed by atoms with E-state index >= 15 is 0 Å². The second kappa shape index (κ2) is 4.34. The number of likely N-dealkylation sites (tertiary alicyclic amines) is 1. The van der Waals surface area contributed by atoms with Crippen molar-refractivity contribution in [3.63, 3.8) is 0 Å². The van der Waals surface area contributed by atoms with Crippen molar-refractivity contribution in [2.45, 2.75) is 59.4 Å². The summed E-state index contributed by atoms with van der Waals surface area (Å²) in [5, 5.41) is 3.94. The molecule has 1 saturated carbocycles. The SMILES string of the molecule is CCc1cc(C(=O)N2CC3(C)CC2CC(C)(C)C3)no1. The Morgan fingerprint density at radius 1 is 1.45 bits per heavy atom. The van der Waals surface area contributed by atoms with E-state index in [0.717, 1.165) is 31.6 Å². The van der Waals surface area contributed by atoms with Crippen LogP contribution in [0.5, 0.6) is 0 Å². The van der Waals surface area contributed by atoms with Gasteiger partial charge in [-0.25, -0.2) is 0 Å². The third-order valence-electron chi connectivity index (χ3n) is 4.80. The monoisotopic (exact) mass is 276 g/mol. The summed E-state index contributed by atoms with van der Waals surface area (Å²) in [5.41, 5.74) is 1.06. The molecule has 1 aromatic rings. The van der Waals surface area contributed by atoms with Crippen LogP contribution in [0.2, 0.25) is 0 Å². The van der Waals surface area contributed by atoms with Crippen molar-refractivity contribution >= 4 is 5.91 Å². The molecule has 4 nitrogen and oxygen atoms in total. The van der Waals surface area contributed by atoms with Gasteiger partial charge in [0.2, 0.25) is 0 Å². The maximum absolute atomic E-state index is 12.7. The molecule has 1 amide bonds. The van der Waals surface area contributed by atoms with Crippen LogP contribution in [0.4, 0.5) is 0 Å². The molecule has 2 unspecified atom stereocenters. The van der Waals surface area contributed by atoms with Crippen LogP contribution in [0.1, 0.15) is 63.2 Å². The molecule has 2 aliphatic rings. The van der Waals surface area contributed by atoms with E-state index < -0.39 is 0 Å². The summed E-state index contributed by atoms with van der Waals surface area (Å²) in [6.07, 6.45) is 4.18. The molecule has 1 aliphatic heterocycles. The van der Waals surface area contributed by atoms with Gasteiger partial charge in [-0.2, -0.15) is 0 Å². The molecule has 3 rings (SSSR count). The van der Waals surface area contributed by atoms with Crippen LogP contribution in [-0.2, 0) is 6.42 Å². The summed E-state index contributed by atoms with van der Waals surface area (Å²) in [4.78, 5) is 14.7. The van der Waals surface area contributed by atoms with E-state index in [0.29, 0.717) is 17.2 Å². The topological polar surface area (TPSA) is 46.3 Å². The van der Waals surface area contributed by atoms with Crippen molar-refractivity contribution in [1.82, 2.24) is 10.1 Å². The molecule has 2 fully saturated rings. The van der Waals surface area contributed by atoms with Crippen molar-refractivity contribution in [3.05, 3.63) is 17.5 Å². The molecule has 1 aliphatic carbocycles. The van der Waals surface area contributed by atoms with Gasteiger partial charge in [0.1, 0.15) is 5.76 Å². The third kappa shape index (κ3) is 2.25. The highest BCUT2D eigenvalue weighted by molar-refractivity contribution is 5.92. The second-order valence-corrected chi connectivity index (χ2v) is 7.68. The second-order valence-electron chi connectivity index (χ2n) is 7.68. The minimum atomic E-state index is 0.0416. The van der Waals surface area contributed by atoms with Gasteiger partial charge in [0.05, 0.1) is 0 Å². The summed E-state index contributed by atoms with van der Waals surface area (Å²) in [6, 6.07) is 2.15. The lowest BCUT2D eigenvalue weighted by Crippen LogP contribution is -2.37. The van der Waals surface area contributed by atoms with E-state index in [1.807, 2.05) is 11.8 Å². The molecule has 2 heterocycles. The number of aromatic nitrogens is 1. The highest BCUT2D eigenvalue weighted by atomic mass is 16.5. The average Bonchev–Trinajstić information content (AvgIpc) is 2.89. The number of amides is 1. The molecule has 0 radical (unpaired) electrons. The van der Waals surface area contributed by atoms with E-state index in [1.54, 1.807) is 6.07 Å². The minimum Gasteiger partial charge on any atom is -0.361 e. The van der Waals surface area contributed by atoms with E-state index in [4.69, 9.17) is 4.52 Å². The number of rotatable bonds is 2. The highest BCUT2D eigenvalue weighted by Crippen LogP contribution is 2.52. The zero-order chi connectivity index (χ0) is 14.5. The first kappa shape index (κ1) is 13.7. The maximum atomic E-state index is 12.7. The van der Waals surface area contributed by atoms with Crippen molar-refractivity contribution in [3.8, 4) is 0 Å². The molecule has 2 bridgehead atoms. The zero-order valence-corrected chi connectivity index (χ0v) is 12.9. The average molecular weight is 276 g/mol. The normalized spacial score (nSPS) is 31.6. The number of carbonyl (C=O) groups is 1. The van der Waals surface area contributed by atoms with Crippen LogP contribution in [-0.4, -0.2) is 28.6 Å². The number of aryl methyl sites for hydroxylation is 1. The molecule has 1 saturated heterocycles. The highest BCUT2D eigenvalue weighted by Gasteiger charge is 2.51. The van der Waals surface area contributed by atoms with Gasteiger partial charge in [-0.3, -0.25) is 4.79 Å². The van der Waals surface area contributed by atoms with Crippen LogP contribution < -0.4 is 0 Å². The van der Waals surface area contributed by atoms with Crippen LogP contribution in [0, 0.1) is 10.8 Å². The zero-order valence-electron chi connectivity index (χ0n) is 12.9. The molecule has 1 aromatic heterocycles. The molecular formula is C16H24N2O2. The van der Waals surface area contributed by atoms with Gasteiger partial charge in [0.15, 0.2) is 5.69 Å². The molecule has 0 N–H and O–H groups in total. The van der Waals surface area contributed by atoms with Crippen LogP contribution in [0.15, 0.2) is 10.6 Å². The predicted molar refractivity (Wildman–Crippen MR) is 76.4 cm³/mol. The Kier molecular flexibility index (Phi) is 2.96. The van der Waals surface area contributed by atoms with Gasteiger partial charge in [-0.15, -0.1) is 0 Å². The fraction of sp³-hybridized carbons (Fsp3) is 0.750. The fourth-order valence-corrected chi connectivity index (χ4v) is 4.42. The Hall–Kier alpha value is -1.32. The molecule has 110 valence electrons. The van der Waals surface area contributed by atoms with Gasteiger partial charge >= 0.3 is 0 Å². The van der Waals surface area contributed by atoms with E-state index in [9.17, 15) is 4.79 Å². The Labute approximate surface area is 120 Å². The summed E-state index contributed by atoms with van der Waals surface area (Å²) in [5.74, 6) is 0.821. The maximum Gasteiger partial charge on any atom is 0.276 e. The first-order valence-corrected chi connectivity index (χ1v) is 7.58. The van der Waals surface area contributed by atoms with Gasteiger partial charge in [-0.05, 0) is 30.1 Å². The lowest BCUT2D eigenvalue weighted by atomic mass is 9.65. The van der Waals surface area contributed by atoms with Gasteiger partial charge in [0, 0.05) is 25.1 Å². The van der Waals surface area contributed by atoms with E-state index in [2.05, 4.69) is 25.9 Å². The first-order chi connectivity index (χ1) is 9.32. The third-order valence-corrected chi connectivity index (χ3v) is 4.80. The summed E-state index contributed by atoms with van der Waals surface area (Å²) in [6.45, 7) is 9.80. The molecule has 0 aromatic carbocycles. The van der Waals surface area contributed by atoms with E-state index in [1.165, 1.54) is 6.42 Å². The van der Waals surface area contributed by atoms with Crippen molar-refractivity contribution < 1.29 is 9.32 Å². The Morgan fingerprint density at radius 2 is 2.20 bits per heavy atom. The van der Waals surface area contributed by atoms with Crippen LogP contribution in [0.3, 0.4) is 0 Å². The van der Waals surface area contributed by atoms with Gasteiger partial charge < -0.3 is 9.42 Å². The van der Waals surface area contributed by atoms with Crippen LogP contribution >= 0.6 is 0 Å².